The van der Waals surface area contributed by atoms with E-state index in [9.17, 15) is 9.90 Å². The number of nitrogens with zero attached hydrogens (tertiary/aromatic N) is 2. The maximum Gasteiger partial charge on any atom is 0.272 e. The van der Waals surface area contributed by atoms with Gasteiger partial charge in [-0.3, -0.25) is 4.79 Å². The highest BCUT2D eigenvalue weighted by atomic mass is 127. The van der Waals surface area contributed by atoms with E-state index in [-0.39, 0.29) is 11.7 Å². The van der Waals surface area contributed by atoms with Crippen molar-refractivity contribution in [1.29, 1.82) is 0 Å². The lowest BCUT2D eigenvalue weighted by Gasteiger charge is -2.09. The molecule has 3 aromatic carbocycles. The molecule has 0 spiro atoms. The molecule has 0 unspecified atom stereocenters. The van der Waals surface area contributed by atoms with Crippen LogP contribution in [0.25, 0.3) is 22.2 Å². The van der Waals surface area contributed by atoms with Gasteiger partial charge in [-0.25, -0.2) is 10.4 Å². The average Bonchev–Trinajstić information content (AvgIpc) is 2.77. The van der Waals surface area contributed by atoms with Gasteiger partial charge in [0.25, 0.3) is 5.91 Å². The highest BCUT2D eigenvalue weighted by Gasteiger charge is 2.13. The highest BCUT2D eigenvalue weighted by Crippen LogP contribution is 2.27. The van der Waals surface area contributed by atoms with Crippen molar-refractivity contribution < 1.29 is 9.90 Å². The smallest absolute Gasteiger partial charge is 0.272 e. The van der Waals surface area contributed by atoms with Gasteiger partial charge in [-0.05, 0) is 87.1 Å². The van der Waals surface area contributed by atoms with Gasteiger partial charge < -0.3 is 5.11 Å². The lowest BCUT2D eigenvalue weighted by Crippen LogP contribution is -2.18. The van der Waals surface area contributed by atoms with Crippen LogP contribution in [0.2, 0.25) is 5.02 Å². The van der Waals surface area contributed by atoms with Crippen LogP contribution in [-0.2, 0) is 0 Å². The number of aromatic nitrogens is 1. The standard InChI is InChI=1S/C23H14ClI2N3O2/c24-15-7-5-14(6-8-15)21-11-17(16-3-1-2-4-20(16)28-21)23(31)29-27-12-13-9-18(25)22(30)19(26)10-13/h1-12,30H,(H,29,31)/b27-12+. The van der Waals surface area contributed by atoms with Gasteiger partial charge in [0.15, 0.2) is 0 Å². The van der Waals surface area contributed by atoms with Crippen LogP contribution in [-0.4, -0.2) is 22.2 Å². The van der Waals surface area contributed by atoms with Crippen molar-refractivity contribution in [1.82, 2.24) is 10.4 Å². The fourth-order valence-electron chi connectivity index (χ4n) is 3.02. The molecule has 4 rings (SSSR count). The van der Waals surface area contributed by atoms with Gasteiger partial charge in [-0.1, -0.05) is 41.9 Å². The van der Waals surface area contributed by atoms with E-state index in [0.717, 1.165) is 16.5 Å². The molecule has 5 nitrogen and oxygen atoms in total. The van der Waals surface area contributed by atoms with Gasteiger partial charge in [0.2, 0.25) is 0 Å². The van der Waals surface area contributed by atoms with Crippen molar-refractivity contribution in [2.24, 2.45) is 5.10 Å². The van der Waals surface area contributed by atoms with E-state index < -0.39 is 0 Å². The van der Waals surface area contributed by atoms with E-state index in [0.29, 0.717) is 28.9 Å². The first kappa shape index (κ1) is 22.0. The molecule has 1 heterocycles. The number of hydrogen-bond acceptors (Lipinski definition) is 4. The topological polar surface area (TPSA) is 74.6 Å². The molecule has 1 aromatic heterocycles. The van der Waals surface area contributed by atoms with E-state index in [1.54, 1.807) is 36.5 Å². The lowest BCUT2D eigenvalue weighted by molar-refractivity contribution is 0.0956. The Bertz CT molecular complexity index is 1300. The zero-order valence-electron chi connectivity index (χ0n) is 15.8. The van der Waals surface area contributed by atoms with Crippen molar-refractivity contribution in [3.63, 3.8) is 0 Å². The maximum atomic E-state index is 13.0. The molecule has 0 aliphatic rings. The van der Waals surface area contributed by atoms with E-state index in [1.807, 2.05) is 36.4 Å². The van der Waals surface area contributed by atoms with Gasteiger partial charge >= 0.3 is 0 Å². The van der Waals surface area contributed by atoms with Gasteiger partial charge in [-0.2, -0.15) is 5.10 Å². The van der Waals surface area contributed by atoms with E-state index in [1.165, 1.54) is 0 Å². The molecule has 0 aliphatic heterocycles. The number of rotatable bonds is 4. The van der Waals surface area contributed by atoms with Gasteiger partial charge in [0, 0.05) is 16.0 Å². The molecule has 4 aromatic rings. The number of hydrazone groups is 1. The van der Waals surface area contributed by atoms with Crippen LogP contribution in [0, 0.1) is 7.14 Å². The van der Waals surface area contributed by atoms with Gasteiger partial charge in [0.05, 0.1) is 30.1 Å². The molecule has 1 amide bonds. The number of aromatic hydroxyl groups is 1. The number of nitrogens with one attached hydrogen (secondary N) is 1. The summed E-state index contributed by atoms with van der Waals surface area (Å²) in [6, 6.07) is 20.1. The molecule has 0 radical (unpaired) electrons. The first-order chi connectivity index (χ1) is 14.9. The lowest BCUT2D eigenvalue weighted by atomic mass is 10.0. The second-order valence-electron chi connectivity index (χ2n) is 6.61. The molecule has 2 N–H and O–H groups in total. The normalized spacial score (nSPS) is 11.2. The summed E-state index contributed by atoms with van der Waals surface area (Å²) in [6.07, 6.45) is 1.55. The minimum atomic E-state index is -0.340. The maximum absolute atomic E-state index is 13.0. The van der Waals surface area contributed by atoms with E-state index in [4.69, 9.17) is 11.6 Å². The quantitative estimate of drug-likeness (QED) is 0.156. The summed E-state index contributed by atoms with van der Waals surface area (Å²) < 4.78 is 1.43. The zero-order valence-corrected chi connectivity index (χ0v) is 20.9. The summed E-state index contributed by atoms with van der Waals surface area (Å²) in [6.45, 7) is 0. The number of carbonyl (C=O) groups excluding carboxylic acids is 1. The van der Waals surface area contributed by atoms with Crippen LogP contribution in [0.5, 0.6) is 5.75 Å². The van der Waals surface area contributed by atoms with Crippen LogP contribution in [0.1, 0.15) is 15.9 Å². The minimum absolute atomic E-state index is 0.236. The number of amides is 1. The van der Waals surface area contributed by atoms with Crippen molar-refractivity contribution in [3.05, 3.63) is 90.0 Å². The third-order valence-corrected chi connectivity index (χ3v) is 6.42. The van der Waals surface area contributed by atoms with Crippen LogP contribution in [0.15, 0.2) is 71.8 Å². The van der Waals surface area contributed by atoms with Gasteiger partial charge in [-0.15, -0.1) is 0 Å². The number of carbonyl (C=O) groups is 1. The van der Waals surface area contributed by atoms with Crippen molar-refractivity contribution in [2.75, 3.05) is 0 Å². The first-order valence-corrected chi connectivity index (χ1v) is 11.6. The summed E-state index contributed by atoms with van der Waals surface area (Å²) in [5.74, 6) is -0.103. The van der Waals surface area contributed by atoms with Gasteiger partial charge in [0.1, 0.15) is 5.75 Å². The Balaban J connectivity index is 1.66. The van der Waals surface area contributed by atoms with Crippen molar-refractivity contribution in [2.45, 2.75) is 0 Å². The number of benzene rings is 3. The second kappa shape index (κ2) is 9.49. The Morgan fingerprint density at radius 3 is 2.42 bits per heavy atom. The predicted molar refractivity (Wildman–Crippen MR) is 141 cm³/mol. The predicted octanol–water partition coefficient (Wildman–Crippen LogP) is 6.23. The molecule has 31 heavy (non-hydrogen) atoms. The summed E-state index contributed by atoms with van der Waals surface area (Å²) >= 11 is 10.1. The Morgan fingerprint density at radius 1 is 1.03 bits per heavy atom. The SMILES string of the molecule is O=C(N/N=C/c1cc(I)c(O)c(I)c1)c1cc(-c2ccc(Cl)cc2)nc2ccccc12. The summed E-state index contributed by atoms with van der Waals surface area (Å²) in [7, 11) is 0. The third kappa shape index (κ3) is 4.99. The Kier molecular flexibility index (Phi) is 6.73. The Labute approximate surface area is 210 Å². The molecule has 0 bridgehead atoms. The highest BCUT2D eigenvalue weighted by molar-refractivity contribution is 14.1. The zero-order chi connectivity index (χ0) is 22.0. The molecule has 0 aliphatic carbocycles. The van der Waals surface area contributed by atoms with Crippen LogP contribution in [0.3, 0.4) is 0 Å². The summed E-state index contributed by atoms with van der Waals surface area (Å²) in [5, 5.41) is 15.4. The minimum Gasteiger partial charge on any atom is -0.506 e. The van der Waals surface area contributed by atoms with Crippen molar-refractivity contribution >= 4 is 79.8 Å². The number of halogens is 3. The molecule has 154 valence electrons. The number of para-hydroxylation sites is 1. The second-order valence-corrected chi connectivity index (χ2v) is 9.37. The van der Waals surface area contributed by atoms with Crippen LogP contribution in [0.4, 0.5) is 0 Å². The Morgan fingerprint density at radius 2 is 1.71 bits per heavy atom. The average molecular weight is 654 g/mol. The molecule has 0 atom stereocenters. The van der Waals surface area contributed by atoms with E-state index >= 15 is 0 Å². The number of fused-ring (bicyclic) bond motifs is 1. The van der Waals surface area contributed by atoms with Crippen molar-refractivity contribution in [3.8, 4) is 17.0 Å². The monoisotopic (exact) mass is 653 g/mol. The molecular formula is C23H14ClI2N3O2. The molecule has 0 saturated heterocycles. The third-order valence-electron chi connectivity index (χ3n) is 4.52. The number of hydrogen-bond donors (Lipinski definition) is 2. The first-order valence-electron chi connectivity index (χ1n) is 9.09. The summed E-state index contributed by atoms with van der Waals surface area (Å²) in [4.78, 5) is 17.6. The summed E-state index contributed by atoms with van der Waals surface area (Å²) in [5.41, 5.74) is 6.09. The fourth-order valence-corrected chi connectivity index (χ4v) is 4.96. The Hall–Kier alpha value is -2.24. The molecule has 0 saturated carbocycles. The number of pyridine rings is 1. The molecule has 0 fully saturated rings. The largest absolute Gasteiger partial charge is 0.506 e. The molecular weight excluding hydrogens is 640 g/mol. The molecule has 8 heteroatoms. The number of phenols is 1. The van der Waals surface area contributed by atoms with E-state index in [2.05, 4.69) is 60.7 Å². The van der Waals surface area contributed by atoms with Crippen LogP contribution >= 0.6 is 56.8 Å². The number of phenolic OH excluding ortho intramolecular Hbond substituents is 1. The van der Waals surface area contributed by atoms with Crippen LogP contribution < -0.4 is 5.43 Å². The fraction of sp³-hybridized carbons (Fsp3) is 0.